The Morgan fingerprint density at radius 2 is 2.43 bits per heavy atom. The molecule has 0 aromatic carbocycles. The molecule has 0 aliphatic heterocycles. The smallest absolute Gasteiger partial charge is 0.180 e. The van der Waals surface area contributed by atoms with Crippen LogP contribution in [0, 0.1) is 5.41 Å². The predicted octanol–water partition coefficient (Wildman–Crippen LogP) is 1.40. The SMILES string of the molecule is COC(=N)CCBr. The quantitative estimate of drug-likeness (QED) is 0.375. The standard InChI is InChI=1S/C4H8BrNO/c1-7-4(6)2-3-5/h6H,2-3H2,1H3. The van der Waals surface area contributed by atoms with E-state index >= 15 is 0 Å². The summed E-state index contributed by atoms with van der Waals surface area (Å²) in [4.78, 5) is 0. The van der Waals surface area contributed by atoms with Gasteiger partial charge in [-0.2, -0.15) is 0 Å². The first kappa shape index (κ1) is 6.95. The van der Waals surface area contributed by atoms with Crippen molar-refractivity contribution in [2.45, 2.75) is 6.42 Å². The summed E-state index contributed by atoms with van der Waals surface area (Å²) in [5.74, 6) is 0.330. The van der Waals surface area contributed by atoms with Gasteiger partial charge in [-0.15, -0.1) is 0 Å². The molecule has 0 aliphatic carbocycles. The maximum Gasteiger partial charge on any atom is 0.180 e. The number of ether oxygens (including phenoxy) is 1. The fourth-order valence-corrected chi connectivity index (χ4v) is 0.548. The highest BCUT2D eigenvalue weighted by Gasteiger charge is 1.88. The van der Waals surface area contributed by atoms with Crippen LogP contribution in [0.15, 0.2) is 0 Å². The molecule has 0 atom stereocenters. The lowest BCUT2D eigenvalue weighted by Gasteiger charge is -1.94. The Morgan fingerprint density at radius 3 is 2.57 bits per heavy atom. The number of methoxy groups -OCH3 is 1. The zero-order chi connectivity index (χ0) is 5.70. The van der Waals surface area contributed by atoms with Crippen molar-refractivity contribution in [3.05, 3.63) is 0 Å². The van der Waals surface area contributed by atoms with E-state index in [1.807, 2.05) is 0 Å². The Bertz CT molecular complexity index is 64.7. The zero-order valence-electron chi connectivity index (χ0n) is 4.20. The Kier molecular flexibility index (Phi) is 4.09. The molecule has 42 valence electrons. The topological polar surface area (TPSA) is 33.1 Å². The highest BCUT2D eigenvalue weighted by atomic mass is 79.9. The Hall–Kier alpha value is -0.0500. The molecule has 1 N–H and O–H groups in total. The van der Waals surface area contributed by atoms with Crippen molar-refractivity contribution in [1.29, 1.82) is 5.41 Å². The van der Waals surface area contributed by atoms with Crippen LogP contribution in [0.2, 0.25) is 0 Å². The van der Waals surface area contributed by atoms with Crippen LogP contribution in [0.3, 0.4) is 0 Å². The van der Waals surface area contributed by atoms with Crippen molar-refractivity contribution in [2.24, 2.45) is 0 Å². The van der Waals surface area contributed by atoms with Gasteiger partial charge in [-0.05, 0) is 0 Å². The van der Waals surface area contributed by atoms with E-state index in [-0.39, 0.29) is 0 Å². The first-order chi connectivity index (χ1) is 3.31. The summed E-state index contributed by atoms with van der Waals surface area (Å²) in [6, 6.07) is 0. The predicted molar refractivity (Wildman–Crippen MR) is 33.1 cm³/mol. The van der Waals surface area contributed by atoms with Crippen molar-refractivity contribution in [3.8, 4) is 0 Å². The summed E-state index contributed by atoms with van der Waals surface area (Å²) < 4.78 is 4.54. The lowest BCUT2D eigenvalue weighted by atomic mass is 10.5. The van der Waals surface area contributed by atoms with Gasteiger partial charge in [-0.1, -0.05) is 15.9 Å². The fraction of sp³-hybridized carbons (Fsp3) is 0.750. The third-order valence-corrected chi connectivity index (χ3v) is 0.964. The lowest BCUT2D eigenvalue weighted by molar-refractivity contribution is 0.389. The second kappa shape index (κ2) is 4.12. The number of halogens is 1. The van der Waals surface area contributed by atoms with Crippen LogP contribution in [-0.2, 0) is 4.74 Å². The second-order valence-electron chi connectivity index (χ2n) is 1.07. The molecule has 0 amide bonds. The molecular weight excluding hydrogens is 158 g/mol. The van der Waals surface area contributed by atoms with E-state index in [0.717, 1.165) is 5.33 Å². The molecule has 0 aromatic rings. The van der Waals surface area contributed by atoms with Crippen LogP contribution >= 0.6 is 15.9 Å². The van der Waals surface area contributed by atoms with Gasteiger partial charge in [0.1, 0.15) is 0 Å². The van der Waals surface area contributed by atoms with E-state index in [2.05, 4.69) is 20.7 Å². The number of hydrogen-bond acceptors (Lipinski definition) is 2. The largest absolute Gasteiger partial charge is 0.484 e. The van der Waals surface area contributed by atoms with Gasteiger partial charge < -0.3 is 4.74 Å². The summed E-state index contributed by atoms with van der Waals surface area (Å²) >= 11 is 3.17. The van der Waals surface area contributed by atoms with E-state index < -0.39 is 0 Å². The number of hydrogen-bond donors (Lipinski definition) is 1. The maximum atomic E-state index is 6.89. The average molecular weight is 166 g/mol. The van der Waals surface area contributed by atoms with Crippen LogP contribution in [-0.4, -0.2) is 18.3 Å². The highest BCUT2D eigenvalue weighted by Crippen LogP contribution is 1.88. The van der Waals surface area contributed by atoms with Crippen molar-refractivity contribution >= 4 is 21.8 Å². The van der Waals surface area contributed by atoms with Gasteiger partial charge in [-0.25, -0.2) is 0 Å². The van der Waals surface area contributed by atoms with Gasteiger partial charge in [0.15, 0.2) is 5.90 Å². The van der Waals surface area contributed by atoms with Gasteiger partial charge in [0.25, 0.3) is 0 Å². The molecule has 0 saturated carbocycles. The highest BCUT2D eigenvalue weighted by molar-refractivity contribution is 9.09. The monoisotopic (exact) mass is 165 g/mol. The fourth-order valence-electron chi connectivity index (χ4n) is 0.188. The number of nitrogens with one attached hydrogen (secondary N) is 1. The Labute approximate surface area is 51.5 Å². The second-order valence-corrected chi connectivity index (χ2v) is 1.86. The summed E-state index contributed by atoms with van der Waals surface area (Å²) in [6.07, 6.45) is 0.677. The maximum absolute atomic E-state index is 6.89. The molecule has 7 heavy (non-hydrogen) atoms. The minimum atomic E-state index is 0.330. The van der Waals surface area contributed by atoms with Crippen LogP contribution in [0.1, 0.15) is 6.42 Å². The van der Waals surface area contributed by atoms with Gasteiger partial charge >= 0.3 is 0 Å². The van der Waals surface area contributed by atoms with E-state index in [1.54, 1.807) is 0 Å². The number of alkyl halides is 1. The molecule has 0 aromatic heterocycles. The molecule has 3 heteroatoms. The third kappa shape index (κ3) is 3.79. The molecule has 0 heterocycles. The minimum Gasteiger partial charge on any atom is -0.484 e. The van der Waals surface area contributed by atoms with Crippen molar-refractivity contribution in [2.75, 3.05) is 12.4 Å². The van der Waals surface area contributed by atoms with E-state index in [0.29, 0.717) is 12.3 Å². The molecule has 0 saturated heterocycles. The Morgan fingerprint density at radius 1 is 1.86 bits per heavy atom. The molecule has 0 rings (SSSR count). The van der Waals surface area contributed by atoms with E-state index in [4.69, 9.17) is 5.41 Å². The van der Waals surface area contributed by atoms with Crippen molar-refractivity contribution in [1.82, 2.24) is 0 Å². The van der Waals surface area contributed by atoms with E-state index in [9.17, 15) is 0 Å². The zero-order valence-corrected chi connectivity index (χ0v) is 5.79. The number of rotatable bonds is 2. The Balaban J connectivity index is 3.00. The van der Waals surface area contributed by atoms with Gasteiger partial charge in [-0.3, -0.25) is 5.41 Å². The molecule has 2 nitrogen and oxygen atoms in total. The first-order valence-corrected chi connectivity index (χ1v) is 3.10. The molecule has 0 fully saturated rings. The molecular formula is C4H8BrNO. The van der Waals surface area contributed by atoms with Crippen LogP contribution in [0.5, 0.6) is 0 Å². The summed E-state index contributed by atoms with van der Waals surface area (Å²) in [6.45, 7) is 0. The first-order valence-electron chi connectivity index (χ1n) is 1.98. The summed E-state index contributed by atoms with van der Waals surface area (Å²) in [5, 5.41) is 7.69. The molecule has 0 radical (unpaired) electrons. The normalized spacial score (nSPS) is 8.29. The molecule has 0 bridgehead atoms. The third-order valence-electron chi connectivity index (χ3n) is 0.568. The van der Waals surface area contributed by atoms with Gasteiger partial charge in [0.05, 0.1) is 7.11 Å². The van der Waals surface area contributed by atoms with Crippen LogP contribution in [0.4, 0.5) is 0 Å². The summed E-state index contributed by atoms with van der Waals surface area (Å²) in [5.41, 5.74) is 0. The summed E-state index contributed by atoms with van der Waals surface area (Å²) in [7, 11) is 1.50. The van der Waals surface area contributed by atoms with Crippen LogP contribution < -0.4 is 0 Å². The molecule has 0 spiro atoms. The van der Waals surface area contributed by atoms with Crippen LogP contribution in [0.25, 0.3) is 0 Å². The molecule has 0 aliphatic rings. The lowest BCUT2D eigenvalue weighted by Crippen LogP contribution is -1.97. The van der Waals surface area contributed by atoms with Gasteiger partial charge in [0, 0.05) is 11.8 Å². The van der Waals surface area contributed by atoms with Crippen molar-refractivity contribution in [3.63, 3.8) is 0 Å². The van der Waals surface area contributed by atoms with Gasteiger partial charge in [0.2, 0.25) is 0 Å². The minimum absolute atomic E-state index is 0.330. The van der Waals surface area contributed by atoms with Crippen molar-refractivity contribution < 1.29 is 4.74 Å². The molecule has 0 unspecified atom stereocenters. The average Bonchev–Trinajstić information content (AvgIpc) is 1.68. The van der Waals surface area contributed by atoms with E-state index in [1.165, 1.54) is 7.11 Å².